The van der Waals surface area contributed by atoms with Crippen molar-refractivity contribution >= 4 is 23.6 Å². The number of amides is 1. The molecule has 0 aliphatic rings. The number of carboxylic acids is 1. The second-order valence-electron chi connectivity index (χ2n) is 3.79. The van der Waals surface area contributed by atoms with E-state index in [0.29, 0.717) is 23.8 Å². The number of nitrogens with one attached hydrogen (secondary N) is 1. The third-order valence-electron chi connectivity index (χ3n) is 2.32. The predicted molar refractivity (Wildman–Crippen MR) is 67.9 cm³/mol. The SMILES string of the molecule is CSCC[C@@H](NC(=O)c1oc(C)nc1C)C(=O)O. The fraction of sp³-hybridized carbons (Fsp3) is 0.545. The molecule has 2 N–H and O–H groups in total. The smallest absolute Gasteiger partial charge is 0.326 e. The molecule has 0 spiro atoms. The lowest BCUT2D eigenvalue weighted by Gasteiger charge is -2.12. The van der Waals surface area contributed by atoms with Gasteiger partial charge in [-0.1, -0.05) is 0 Å². The van der Waals surface area contributed by atoms with Crippen LogP contribution in [0.15, 0.2) is 4.42 Å². The van der Waals surface area contributed by atoms with E-state index < -0.39 is 17.9 Å². The minimum Gasteiger partial charge on any atom is -0.480 e. The van der Waals surface area contributed by atoms with Crippen LogP contribution in [0.5, 0.6) is 0 Å². The number of carboxylic acid groups (broad SMARTS) is 1. The average Bonchev–Trinajstić information content (AvgIpc) is 2.63. The van der Waals surface area contributed by atoms with Gasteiger partial charge in [-0.05, 0) is 25.4 Å². The van der Waals surface area contributed by atoms with Gasteiger partial charge in [-0.3, -0.25) is 4.79 Å². The molecule has 1 amide bonds. The fourth-order valence-electron chi connectivity index (χ4n) is 1.46. The molecule has 7 heteroatoms. The Bertz CT molecular complexity index is 444. The summed E-state index contributed by atoms with van der Waals surface area (Å²) in [4.78, 5) is 26.8. The lowest BCUT2D eigenvalue weighted by atomic mass is 10.2. The van der Waals surface area contributed by atoms with E-state index in [0.717, 1.165) is 0 Å². The second kappa shape index (κ2) is 6.44. The van der Waals surface area contributed by atoms with E-state index in [1.165, 1.54) is 11.8 Å². The number of carbonyl (C=O) groups is 2. The van der Waals surface area contributed by atoms with E-state index in [-0.39, 0.29) is 5.76 Å². The zero-order valence-electron chi connectivity index (χ0n) is 10.5. The van der Waals surface area contributed by atoms with Crippen molar-refractivity contribution in [1.82, 2.24) is 10.3 Å². The van der Waals surface area contributed by atoms with Crippen molar-refractivity contribution in [3.63, 3.8) is 0 Å². The summed E-state index contributed by atoms with van der Waals surface area (Å²) in [7, 11) is 0. The van der Waals surface area contributed by atoms with Crippen LogP contribution in [0.3, 0.4) is 0 Å². The highest BCUT2D eigenvalue weighted by molar-refractivity contribution is 7.98. The lowest BCUT2D eigenvalue weighted by Crippen LogP contribution is -2.41. The zero-order chi connectivity index (χ0) is 13.7. The van der Waals surface area contributed by atoms with Crippen molar-refractivity contribution in [2.75, 3.05) is 12.0 Å². The van der Waals surface area contributed by atoms with Crippen LogP contribution in [0.2, 0.25) is 0 Å². The number of hydrogen-bond donors (Lipinski definition) is 2. The molecule has 1 rings (SSSR count). The molecule has 1 atom stereocenters. The van der Waals surface area contributed by atoms with Gasteiger partial charge < -0.3 is 14.8 Å². The molecule has 6 nitrogen and oxygen atoms in total. The summed E-state index contributed by atoms with van der Waals surface area (Å²) in [5.41, 5.74) is 0.457. The number of oxazole rings is 1. The summed E-state index contributed by atoms with van der Waals surface area (Å²) >= 11 is 1.53. The largest absolute Gasteiger partial charge is 0.480 e. The molecule has 0 saturated carbocycles. The van der Waals surface area contributed by atoms with Crippen molar-refractivity contribution < 1.29 is 19.1 Å². The Hall–Kier alpha value is -1.50. The lowest BCUT2D eigenvalue weighted by molar-refractivity contribution is -0.139. The summed E-state index contributed by atoms with van der Waals surface area (Å²) in [5, 5.41) is 11.4. The van der Waals surface area contributed by atoms with Gasteiger partial charge in [-0.15, -0.1) is 0 Å². The van der Waals surface area contributed by atoms with E-state index >= 15 is 0 Å². The van der Waals surface area contributed by atoms with Crippen LogP contribution in [0, 0.1) is 13.8 Å². The topological polar surface area (TPSA) is 92.4 Å². The molecular formula is C11H16N2O4S. The Morgan fingerprint density at radius 2 is 2.17 bits per heavy atom. The van der Waals surface area contributed by atoms with Gasteiger partial charge >= 0.3 is 5.97 Å². The number of aryl methyl sites for hydroxylation is 2. The number of thioether (sulfide) groups is 1. The number of aromatic nitrogens is 1. The first-order valence-corrected chi connectivity index (χ1v) is 6.81. The highest BCUT2D eigenvalue weighted by atomic mass is 32.2. The summed E-state index contributed by atoms with van der Waals surface area (Å²) in [6, 6.07) is -0.908. The molecule has 0 radical (unpaired) electrons. The standard InChI is InChI=1S/C11H16N2O4S/c1-6-9(17-7(2)12-6)10(14)13-8(11(15)16)4-5-18-3/h8H,4-5H2,1-3H3,(H,13,14)(H,15,16)/t8-/m1/s1. The first kappa shape index (κ1) is 14.6. The Kier molecular flexibility index (Phi) is 5.21. The van der Waals surface area contributed by atoms with Crippen molar-refractivity contribution in [2.24, 2.45) is 0 Å². The van der Waals surface area contributed by atoms with Crippen LogP contribution in [0.25, 0.3) is 0 Å². The predicted octanol–water partition coefficient (Wildman–Crippen LogP) is 1.23. The molecular weight excluding hydrogens is 256 g/mol. The molecule has 1 heterocycles. The molecule has 0 saturated heterocycles. The van der Waals surface area contributed by atoms with Crippen LogP contribution in [0.4, 0.5) is 0 Å². The van der Waals surface area contributed by atoms with E-state index in [4.69, 9.17) is 9.52 Å². The number of carbonyl (C=O) groups excluding carboxylic acids is 1. The van der Waals surface area contributed by atoms with Crippen molar-refractivity contribution in [1.29, 1.82) is 0 Å². The van der Waals surface area contributed by atoms with Crippen LogP contribution in [-0.2, 0) is 4.79 Å². The maximum absolute atomic E-state index is 11.8. The Morgan fingerprint density at radius 3 is 2.61 bits per heavy atom. The van der Waals surface area contributed by atoms with Gasteiger partial charge in [0.1, 0.15) is 6.04 Å². The highest BCUT2D eigenvalue weighted by Gasteiger charge is 2.23. The van der Waals surface area contributed by atoms with Crippen LogP contribution < -0.4 is 5.32 Å². The van der Waals surface area contributed by atoms with Crippen molar-refractivity contribution in [2.45, 2.75) is 26.3 Å². The third kappa shape index (κ3) is 3.76. The van der Waals surface area contributed by atoms with Gasteiger partial charge in [-0.25, -0.2) is 9.78 Å². The Labute approximate surface area is 109 Å². The average molecular weight is 272 g/mol. The molecule has 18 heavy (non-hydrogen) atoms. The normalized spacial score (nSPS) is 12.2. The minimum absolute atomic E-state index is 0.0721. The van der Waals surface area contributed by atoms with Crippen molar-refractivity contribution in [3.8, 4) is 0 Å². The molecule has 0 bridgehead atoms. The highest BCUT2D eigenvalue weighted by Crippen LogP contribution is 2.10. The third-order valence-corrected chi connectivity index (χ3v) is 2.97. The molecule has 100 valence electrons. The zero-order valence-corrected chi connectivity index (χ0v) is 11.3. The van der Waals surface area contributed by atoms with Crippen LogP contribution >= 0.6 is 11.8 Å². The van der Waals surface area contributed by atoms with E-state index in [9.17, 15) is 9.59 Å². The monoisotopic (exact) mass is 272 g/mol. The first-order valence-electron chi connectivity index (χ1n) is 5.42. The molecule has 0 aromatic carbocycles. The van der Waals surface area contributed by atoms with E-state index in [1.54, 1.807) is 13.8 Å². The van der Waals surface area contributed by atoms with Gasteiger partial charge in [-0.2, -0.15) is 11.8 Å². The molecule has 0 aliphatic carbocycles. The van der Waals surface area contributed by atoms with Gasteiger partial charge in [0.25, 0.3) is 5.91 Å². The molecule has 0 fully saturated rings. The summed E-state index contributed by atoms with van der Waals surface area (Å²) < 4.78 is 5.14. The van der Waals surface area contributed by atoms with Crippen LogP contribution in [-0.4, -0.2) is 40.0 Å². The van der Waals surface area contributed by atoms with Gasteiger partial charge in [0.05, 0.1) is 5.69 Å². The maximum Gasteiger partial charge on any atom is 0.326 e. The number of hydrogen-bond acceptors (Lipinski definition) is 5. The summed E-state index contributed by atoms with van der Waals surface area (Å²) in [6.07, 6.45) is 2.25. The van der Waals surface area contributed by atoms with Gasteiger partial charge in [0.2, 0.25) is 5.76 Å². The fourth-order valence-corrected chi connectivity index (χ4v) is 1.93. The van der Waals surface area contributed by atoms with Crippen LogP contribution in [0.1, 0.15) is 28.6 Å². The quantitative estimate of drug-likeness (QED) is 0.809. The van der Waals surface area contributed by atoms with Gasteiger partial charge in [0, 0.05) is 6.92 Å². The maximum atomic E-state index is 11.8. The summed E-state index contributed by atoms with van der Waals surface area (Å²) in [5.74, 6) is -0.476. The van der Waals surface area contributed by atoms with Gasteiger partial charge in [0.15, 0.2) is 5.89 Å². The molecule has 0 unspecified atom stereocenters. The van der Waals surface area contributed by atoms with E-state index in [2.05, 4.69) is 10.3 Å². The first-order chi connectivity index (χ1) is 8.45. The number of aliphatic carboxylic acids is 1. The second-order valence-corrected chi connectivity index (χ2v) is 4.78. The molecule has 1 aromatic rings. The van der Waals surface area contributed by atoms with E-state index in [1.807, 2.05) is 6.26 Å². The Morgan fingerprint density at radius 1 is 1.50 bits per heavy atom. The Balaban J connectivity index is 2.72. The molecule has 1 aromatic heterocycles. The number of nitrogens with zero attached hydrogens (tertiary/aromatic N) is 1. The minimum atomic E-state index is -1.05. The number of rotatable bonds is 6. The molecule has 0 aliphatic heterocycles. The van der Waals surface area contributed by atoms with Crippen molar-refractivity contribution in [3.05, 3.63) is 17.3 Å². The summed E-state index contributed by atoms with van der Waals surface area (Å²) in [6.45, 7) is 3.27.